The van der Waals surface area contributed by atoms with Crippen LogP contribution in [0.5, 0.6) is 0 Å². The molecule has 0 unspecified atom stereocenters. The molecule has 2 rings (SSSR count). The van der Waals surface area contributed by atoms with Crippen molar-refractivity contribution >= 4 is 56.5 Å². The van der Waals surface area contributed by atoms with Gasteiger partial charge in [0.15, 0.2) is 0 Å². The Hall–Kier alpha value is -1.59. The topological polar surface area (TPSA) is 110 Å². The van der Waals surface area contributed by atoms with E-state index in [-0.39, 0.29) is 11.8 Å². The summed E-state index contributed by atoms with van der Waals surface area (Å²) in [5.41, 5.74) is 0. The van der Waals surface area contributed by atoms with E-state index in [1.807, 2.05) is 25.6 Å². The maximum Gasteiger partial charge on any atom is 0.226 e. The lowest BCUT2D eigenvalue weighted by atomic mass is 10.3. The Balaban J connectivity index is 1.62. The van der Waals surface area contributed by atoms with Crippen molar-refractivity contribution < 1.29 is 9.59 Å². The largest absolute Gasteiger partial charge is 0.301 e. The average Bonchev–Trinajstić information content (AvgIpc) is 3.24. The molecule has 0 fully saturated rings. The lowest BCUT2D eigenvalue weighted by molar-refractivity contribution is -0.117. The zero-order chi connectivity index (χ0) is 19.5. The first kappa shape index (κ1) is 21.7. The third-order valence-electron chi connectivity index (χ3n) is 3.30. The summed E-state index contributed by atoms with van der Waals surface area (Å²) in [5.74, 6) is 1.82. The highest BCUT2D eigenvalue weighted by atomic mass is 32.2. The van der Waals surface area contributed by atoms with Crippen molar-refractivity contribution in [2.24, 2.45) is 0 Å². The first-order chi connectivity index (χ1) is 13.1. The van der Waals surface area contributed by atoms with E-state index in [1.54, 1.807) is 0 Å². The SMILES string of the molecule is CCCC(=O)Nc1nnc(CCSCCc2nnc(NC(=O)CCC)s2)s1. The molecule has 8 nitrogen and oxygen atoms in total. The van der Waals surface area contributed by atoms with Crippen molar-refractivity contribution in [1.29, 1.82) is 0 Å². The van der Waals surface area contributed by atoms with Crippen LogP contribution in [0.25, 0.3) is 0 Å². The van der Waals surface area contributed by atoms with Crippen molar-refractivity contribution in [2.75, 3.05) is 22.1 Å². The van der Waals surface area contributed by atoms with Gasteiger partial charge in [0, 0.05) is 25.7 Å². The molecule has 0 aromatic carbocycles. The Bertz CT molecular complexity index is 673. The minimum atomic E-state index is -0.0168. The van der Waals surface area contributed by atoms with E-state index in [1.165, 1.54) is 22.7 Å². The number of nitrogens with zero attached hydrogens (tertiary/aromatic N) is 4. The number of thioether (sulfide) groups is 1. The van der Waals surface area contributed by atoms with Gasteiger partial charge < -0.3 is 10.6 Å². The van der Waals surface area contributed by atoms with Crippen LogP contribution in [0, 0.1) is 0 Å². The molecule has 0 saturated carbocycles. The smallest absolute Gasteiger partial charge is 0.226 e. The van der Waals surface area contributed by atoms with Gasteiger partial charge in [-0.3, -0.25) is 9.59 Å². The minimum Gasteiger partial charge on any atom is -0.301 e. The van der Waals surface area contributed by atoms with Gasteiger partial charge in [-0.05, 0) is 24.3 Å². The van der Waals surface area contributed by atoms with Crippen LogP contribution < -0.4 is 10.6 Å². The third-order valence-corrected chi connectivity index (χ3v) is 6.08. The molecule has 2 aromatic heterocycles. The second-order valence-electron chi connectivity index (χ2n) is 5.71. The second kappa shape index (κ2) is 12.0. The fourth-order valence-electron chi connectivity index (χ4n) is 2.05. The number of rotatable bonds is 12. The summed E-state index contributed by atoms with van der Waals surface area (Å²) in [4.78, 5) is 23.1. The first-order valence-corrected chi connectivity index (χ1v) is 11.7. The van der Waals surface area contributed by atoms with Gasteiger partial charge in [-0.2, -0.15) is 11.8 Å². The number of hydrogen-bond acceptors (Lipinski definition) is 9. The molecule has 2 aromatic rings. The molecule has 0 aliphatic rings. The summed E-state index contributed by atoms with van der Waals surface area (Å²) in [5, 5.41) is 24.7. The molecule has 2 heterocycles. The summed E-state index contributed by atoms with van der Waals surface area (Å²) < 4.78 is 0. The van der Waals surface area contributed by atoms with Gasteiger partial charge in [0.2, 0.25) is 22.1 Å². The van der Waals surface area contributed by atoms with E-state index >= 15 is 0 Å². The van der Waals surface area contributed by atoms with Gasteiger partial charge in [-0.1, -0.05) is 36.5 Å². The van der Waals surface area contributed by atoms with E-state index in [9.17, 15) is 9.59 Å². The first-order valence-electron chi connectivity index (χ1n) is 8.92. The summed E-state index contributed by atoms with van der Waals surface area (Å²) >= 11 is 4.66. The van der Waals surface area contributed by atoms with Crippen molar-refractivity contribution in [3.8, 4) is 0 Å². The lowest BCUT2D eigenvalue weighted by Gasteiger charge is -1.98. The predicted molar refractivity (Wildman–Crippen MR) is 112 cm³/mol. The summed E-state index contributed by atoms with van der Waals surface area (Å²) in [6.07, 6.45) is 4.27. The highest BCUT2D eigenvalue weighted by Gasteiger charge is 2.09. The van der Waals surface area contributed by atoms with Crippen LogP contribution >= 0.6 is 34.4 Å². The van der Waals surface area contributed by atoms with Crippen molar-refractivity contribution in [3.63, 3.8) is 0 Å². The van der Waals surface area contributed by atoms with Gasteiger partial charge in [-0.25, -0.2) is 0 Å². The molecule has 0 spiro atoms. The number of amides is 2. The van der Waals surface area contributed by atoms with Crippen LogP contribution in [0.15, 0.2) is 0 Å². The molecule has 0 radical (unpaired) electrons. The highest BCUT2D eigenvalue weighted by Crippen LogP contribution is 2.20. The van der Waals surface area contributed by atoms with E-state index < -0.39 is 0 Å². The van der Waals surface area contributed by atoms with Crippen molar-refractivity contribution in [2.45, 2.75) is 52.4 Å². The molecule has 148 valence electrons. The molecule has 27 heavy (non-hydrogen) atoms. The van der Waals surface area contributed by atoms with Gasteiger partial charge in [-0.15, -0.1) is 20.4 Å². The normalized spacial score (nSPS) is 10.7. The van der Waals surface area contributed by atoms with E-state index in [0.717, 1.165) is 47.2 Å². The van der Waals surface area contributed by atoms with Gasteiger partial charge >= 0.3 is 0 Å². The molecule has 2 amide bonds. The molecule has 0 atom stereocenters. The predicted octanol–water partition coefficient (Wildman–Crippen LogP) is 3.39. The summed E-state index contributed by atoms with van der Waals surface area (Å²) in [7, 11) is 0. The van der Waals surface area contributed by atoms with Gasteiger partial charge in [0.1, 0.15) is 10.0 Å². The number of aromatic nitrogens is 4. The third kappa shape index (κ3) is 8.31. The monoisotopic (exact) mass is 428 g/mol. The van der Waals surface area contributed by atoms with Crippen LogP contribution in [0.4, 0.5) is 10.3 Å². The highest BCUT2D eigenvalue weighted by molar-refractivity contribution is 7.99. The Morgan fingerprint density at radius 2 is 1.26 bits per heavy atom. The molecule has 0 aliphatic heterocycles. The molecule has 0 bridgehead atoms. The number of nitrogens with one attached hydrogen (secondary N) is 2. The molecule has 11 heteroatoms. The summed E-state index contributed by atoms with van der Waals surface area (Å²) in [6, 6.07) is 0. The molecule has 0 aliphatic carbocycles. The zero-order valence-corrected chi connectivity index (χ0v) is 17.9. The van der Waals surface area contributed by atoms with Gasteiger partial charge in [0.25, 0.3) is 0 Å². The molecular weight excluding hydrogens is 404 g/mol. The fraction of sp³-hybridized carbons (Fsp3) is 0.625. The second-order valence-corrected chi connectivity index (χ2v) is 9.06. The maximum atomic E-state index is 11.5. The van der Waals surface area contributed by atoms with E-state index in [2.05, 4.69) is 31.0 Å². The summed E-state index contributed by atoms with van der Waals surface area (Å²) in [6.45, 7) is 3.93. The van der Waals surface area contributed by atoms with Crippen molar-refractivity contribution in [1.82, 2.24) is 20.4 Å². The Kier molecular flexibility index (Phi) is 9.64. The van der Waals surface area contributed by atoms with Crippen LogP contribution in [0.1, 0.15) is 49.5 Å². The van der Waals surface area contributed by atoms with E-state index in [0.29, 0.717) is 23.1 Å². The van der Waals surface area contributed by atoms with Crippen LogP contribution in [0.2, 0.25) is 0 Å². The van der Waals surface area contributed by atoms with Crippen LogP contribution in [-0.2, 0) is 22.4 Å². The number of carbonyl (C=O) groups excluding carboxylic acids is 2. The maximum absolute atomic E-state index is 11.5. The fourth-order valence-corrected chi connectivity index (χ4v) is 4.70. The number of anilines is 2. The standard InChI is InChI=1S/C16H24N6O2S3/c1-3-5-11(23)17-15-21-19-13(26-15)7-9-25-10-8-14-20-22-16(27-14)18-12(24)6-4-2/h3-10H2,1-2H3,(H,17,21,23)(H,18,22,24). The number of aryl methyl sites for hydroxylation is 2. The minimum absolute atomic E-state index is 0.0168. The van der Waals surface area contributed by atoms with Crippen molar-refractivity contribution in [3.05, 3.63) is 10.0 Å². The quantitative estimate of drug-likeness (QED) is 0.499. The average molecular weight is 429 g/mol. The Morgan fingerprint density at radius 1 is 0.815 bits per heavy atom. The van der Waals surface area contributed by atoms with Crippen LogP contribution in [0.3, 0.4) is 0 Å². The molecule has 0 saturated heterocycles. The molecular formula is C16H24N6O2S3. The van der Waals surface area contributed by atoms with Gasteiger partial charge in [0.05, 0.1) is 0 Å². The molecule has 2 N–H and O–H groups in total. The number of carbonyl (C=O) groups is 2. The number of hydrogen-bond donors (Lipinski definition) is 2. The van der Waals surface area contributed by atoms with Crippen LogP contribution in [-0.4, -0.2) is 43.7 Å². The Labute approximate surface area is 171 Å². The Morgan fingerprint density at radius 3 is 1.67 bits per heavy atom. The lowest BCUT2D eigenvalue weighted by Crippen LogP contribution is -2.10. The van der Waals surface area contributed by atoms with E-state index in [4.69, 9.17) is 0 Å². The zero-order valence-electron chi connectivity index (χ0n) is 15.5.